The summed E-state index contributed by atoms with van der Waals surface area (Å²) in [6.45, 7) is 3.38. The van der Waals surface area contributed by atoms with Gasteiger partial charge in [0.15, 0.2) is 0 Å². The van der Waals surface area contributed by atoms with Crippen molar-refractivity contribution in [3.63, 3.8) is 0 Å². The number of hydrogen-bond donors (Lipinski definition) is 2. The number of nitrogens with one attached hydrogen (secondary N) is 2. The molecular weight excluding hydrogens is 572 g/mol. The molecule has 1 amide bonds. The van der Waals surface area contributed by atoms with Crippen LogP contribution >= 0.6 is 11.3 Å². The highest BCUT2D eigenvalue weighted by Gasteiger charge is 2.33. The number of alkyl halides is 3. The molecule has 4 rings (SSSR count). The molecule has 0 spiro atoms. The van der Waals surface area contributed by atoms with Gasteiger partial charge in [-0.25, -0.2) is 12.8 Å². The summed E-state index contributed by atoms with van der Waals surface area (Å²) in [6, 6.07) is 14.1. The summed E-state index contributed by atoms with van der Waals surface area (Å²) in [4.78, 5) is 13.3. The molecule has 13 heteroatoms. The minimum Gasteiger partial charge on any atom is -0.497 e. The molecule has 3 aromatic carbocycles. The van der Waals surface area contributed by atoms with E-state index in [-0.39, 0.29) is 11.4 Å². The first-order valence-corrected chi connectivity index (χ1v) is 14.3. The normalized spacial score (nSPS) is 12.3. The number of rotatable bonds is 8. The average molecular weight is 597 g/mol. The lowest BCUT2D eigenvalue weighted by atomic mass is 9.77. The Morgan fingerprint density at radius 3 is 2.23 bits per heavy atom. The number of amides is 1. The molecule has 0 aliphatic carbocycles. The largest absolute Gasteiger partial charge is 0.573 e. The third kappa shape index (κ3) is 7.02. The molecule has 0 fully saturated rings. The first-order valence-electron chi connectivity index (χ1n) is 11.6. The number of methoxy groups -OCH3 is 1. The van der Waals surface area contributed by atoms with Crippen LogP contribution < -0.4 is 19.5 Å². The topological polar surface area (TPSA) is 93.7 Å². The van der Waals surface area contributed by atoms with Gasteiger partial charge in [-0.2, -0.15) is 0 Å². The Morgan fingerprint density at radius 2 is 1.57 bits per heavy atom. The van der Waals surface area contributed by atoms with Crippen molar-refractivity contribution < 1.29 is 40.2 Å². The zero-order valence-electron chi connectivity index (χ0n) is 21.6. The van der Waals surface area contributed by atoms with Crippen LogP contribution in [0.4, 0.5) is 28.9 Å². The maximum absolute atomic E-state index is 14.7. The number of ether oxygens (including phenoxy) is 2. The van der Waals surface area contributed by atoms with Crippen LogP contribution in [0.5, 0.6) is 11.5 Å². The molecule has 0 saturated heterocycles. The minimum absolute atomic E-state index is 0.120. The number of anilines is 2. The molecule has 1 aromatic heterocycles. The zero-order chi connectivity index (χ0) is 29.5. The van der Waals surface area contributed by atoms with Crippen molar-refractivity contribution in [1.29, 1.82) is 0 Å². The maximum atomic E-state index is 14.7. The summed E-state index contributed by atoms with van der Waals surface area (Å²) in [7, 11) is -2.17. The molecule has 0 bridgehead atoms. The van der Waals surface area contributed by atoms with E-state index in [1.807, 2.05) is 0 Å². The van der Waals surface area contributed by atoms with Crippen LogP contribution in [-0.2, 0) is 15.4 Å². The SMILES string of the molecule is COc1cc(OC(F)(F)F)cc(C(C)(C)c2cc(F)cc(NC(=O)c3cc4cc(NS(C)(=O)=O)ccc4s3)c2)c1. The number of carbonyl (C=O) groups excluding carboxylic acids is 1. The standard InChI is InChI=1S/C27H24F4N2O5S2/c1-26(2,17-11-21(37-3)14-22(12-17)38-27(29,30)31)16-9-18(28)13-20(10-16)32-25(34)24-8-15-7-19(33-40(4,35)36)5-6-23(15)39-24/h5-14,33H,1-4H3,(H,32,34). The van der Waals surface area contributed by atoms with Crippen molar-refractivity contribution in [2.24, 2.45) is 0 Å². The molecule has 0 radical (unpaired) electrons. The van der Waals surface area contributed by atoms with E-state index in [2.05, 4.69) is 14.8 Å². The second-order valence-electron chi connectivity index (χ2n) is 9.49. The number of thiophene rings is 1. The molecule has 0 unspecified atom stereocenters. The van der Waals surface area contributed by atoms with E-state index >= 15 is 0 Å². The molecular formula is C27H24F4N2O5S2. The second kappa shape index (κ2) is 10.6. The van der Waals surface area contributed by atoms with Gasteiger partial charge in [-0.3, -0.25) is 9.52 Å². The van der Waals surface area contributed by atoms with Gasteiger partial charge in [-0.1, -0.05) is 13.8 Å². The summed E-state index contributed by atoms with van der Waals surface area (Å²) < 4.78 is 88.7. The van der Waals surface area contributed by atoms with Gasteiger partial charge in [0.2, 0.25) is 10.0 Å². The van der Waals surface area contributed by atoms with E-state index in [9.17, 15) is 30.8 Å². The first-order chi connectivity index (χ1) is 18.5. The van der Waals surface area contributed by atoms with Gasteiger partial charge in [0, 0.05) is 27.6 Å². The Bertz CT molecular complexity index is 1700. The van der Waals surface area contributed by atoms with Crippen LogP contribution in [0.25, 0.3) is 10.1 Å². The summed E-state index contributed by atoms with van der Waals surface area (Å²) >= 11 is 1.17. The molecule has 0 saturated carbocycles. The van der Waals surface area contributed by atoms with Crippen molar-refractivity contribution in [1.82, 2.24) is 0 Å². The van der Waals surface area contributed by atoms with Gasteiger partial charge in [-0.15, -0.1) is 24.5 Å². The molecule has 2 N–H and O–H groups in total. The molecule has 7 nitrogen and oxygen atoms in total. The summed E-state index contributed by atoms with van der Waals surface area (Å²) in [5, 5.41) is 3.30. The van der Waals surface area contributed by atoms with Crippen LogP contribution in [0, 0.1) is 5.82 Å². The smallest absolute Gasteiger partial charge is 0.497 e. The highest BCUT2D eigenvalue weighted by molar-refractivity contribution is 7.92. The Hall–Kier alpha value is -3.84. The first kappa shape index (κ1) is 29.2. The van der Waals surface area contributed by atoms with Crippen molar-refractivity contribution in [3.05, 3.63) is 82.5 Å². The number of halogens is 4. The van der Waals surface area contributed by atoms with Crippen molar-refractivity contribution in [2.75, 3.05) is 23.4 Å². The number of benzene rings is 3. The van der Waals surface area contributed by atoms with E-state index < -0.39 is 39.3 Å². The third-order valence-electron chi connectivity index (χ3n) is 5.99. The molecule has 0 aliphatic heterocycles. The molecule has 4 aromatic rings. The molecule has 212 valence electrons. The minimum atomic E-state index is -4.91. The lowest BCUT2D eigenvalue weighted by molar-refractivity contribution is -0.274. The predicted molar refractivity (Wildman–Crippen MR) is 146 cm³/mol. The number of carbonyl (C=O) groups is 1. The Morgan fingerprint density at radius 1 is 0.900 bits per heavy atom. The van der Waals surface area contributed by atoms with Crippen LogP contribution in [0.3, 0.4) is 0 Å². The van der Waals surface area contributed by atoms with E-state index in [1.54, 1.807) is 38.1 Å². The molecule has 0 aliphatic rings. The van der Waals surface area contributed by atoms with E-state index in [1.165, 1.54) is 42.7 Å². The van der Waals surface area contributed by atoms with Gasteiger partial charge in [0.1, 0.15) is 17.3 Å². The van der Waals surface area contributed by atoms with Gasteiger partial charge in [-0.05, 0) is 71.1 Å². The number of hydrogen-bond acceptors (Lipinski definition) is 6. The summed E-state index contributed by atoms with van der Waals surface area (Å²) in [6.07, 6.45) is -3.88. The monoisotopic (exact) mass is 596 g/mol. The highest BCUT2D eigenvalue weighted by atomic mass is 32.2. The average Bonchev–Trinajstić information content (AvgIpc) is 3.25. The zero-order valence-corrected chi connectivity index (χ0v) is 23.3. The highest BCUT2D eigenvalue weighted by Crippen LogP contribution is 2.39. The molecule has 0 atom stereocenters. The Labute approximate surface area is 231 Å². The second-order valence-corrected chi connectivity index (χ2v) is 12.3. The molecule has 40 heavy (non-hydrogen) atoms. The maximum Gasteiger partial charge on any atom is 0.573 e. The van der Waals surface area contributed by atoms with Crippen molar-refractivity contribution in [3.8, 4) is 11.5 Å². The number of sulfonamides is 1. The van der Waals surface area contributed by atoms with Crippen LogP contribution in [0.1, 0.15) is 34.6 Å². The fourth-order valence-corrected chi connectivity index (χ4v) is 5.55. The van der Waals surface area contributed by atoms with E-state index in [0.29, 0.717) is 27.1 Å². The Balaban J connectivity index is 1.63. The Kier molecular flexibility index (Phi) is 7.74. The summed E-state index contributed by atoms with van der Waals surface area (Å²) in [5.74, 6) is -1.55. The van der Waals surface area contributed by atoms with Crippen LogP contribution in [-0.4, -0.2) is 34.1 Å². The van der Waals surface area contributed by atoms with Gasteiger partial charge in [0.05, 0.1) is 18.2 Å². The quantitative estimate of drug-likeness (QED) is 0.216. The lowest BCUT2D eigenvalue weighted by Gasteiger charge is -2.28. The fourth-order valence-electron chi connectivity index (χ4n) is 4.06. The van der Waals surface area contributed by atoms with Crippen LogP contribution in [0.2, 0.25) is 0 Å². The third-order valence-corrected chi connectivity index (χ3v) is 7.71. The van der Waals surface area contributed by atoms with Gasteiger partial charge < -0.3 is 14.8 Å². The van der Waals surface area contributed by atoms with Crippen molar-refractivity contribution >= 4 is 48.7 Å². The lowest BCUT2D eigenvalue weighted by Crippen LogP contribution is -2.22. The summed E-state index contributed by atoms with van der Waals surface area (Å²) in [5.41, 5.74) is 0.192. The fraction of sp³-hybridized carbons (Fsp3) is 0.222. The van der Waals surface area contributed by atoms with E-state index in [0.717, 1.165) is 23.1 Å². The van der Waals surface area contributed by atoms with Crippen LogP contribution in [0.15, 0.2) is 60.7 Å². The van der Waals surface area contributed by atoms with Gasteiger partial charge in [0.25, 0.3) is 5.91 Å². The predicted octanol–water partition coefficient (Wildman–Crippen LogP) is 6.90. The van der Waals surface area contributed by atoms with Crippen molar-refractivity contribution in [2.45, 2.75) is 25.6 Å². The number of fused-ring (bicyclic) bond motifs is 1. The molecule has 1 heterocycles. The van der Waals surface area contributed by atoms with E-state index in [4.69, 9.17) is 4.74 Å². The van der Waals surface area contributed by atoms with Gasteiger partial charge >= 0.3 is 6.36 Å².